The van der Waals surface area contributed by atoms with Crippen molar-refractivity contribution in [2.24, 2.45) is 0 Å². The molecular formula is C15H12BrF3N2O3S. The summed E-state index contributed by atoms with van der Waals surface area (Å²) in [5.41, 5.74) is 0.239. The maximum atomic E-state index is 12.3. The molecule has 2 aromatic rings. The van der Waals surface area contributed by atoms with Crippen LogP contribution in [0.2, 0.25) is 0 Å². The van der Waals surface area contributed by atoms with Crippen LogP contribution in [0.3, 0.4) is 0 Å². The maximum Gasteiger partial charge on any atom is 0.422 e. The molecule has 0 aliphatic heterocycles. The van der Waals surface area contributed by atoms with Crippen LogP contribution in [0.1, 0.15) is 10.4 Å². The zero-order valence-corrected chi connectivity index (χ0v) is 15.2. The molecule has 0 fully saturated rings. The topological polar surface area (TPSA) is 68.3 Å². The van der Waals surface area contributed by atoms with Crippen molar-refractivity contribution >= 4 is 38.3 Å². The number of ether oxygens (including phenoxy) is 1. The molecule has 2 rings (SSSR count). The fraction of sp³-hybridized carbons (Fsp3) is 0.200. The summed E-state index contributed by atoms with van der Waals surface area (Å²) in [7, 11) is -1.18. The number of pyridine rings is 1. The summed E-state index contributed by atoms with van der Waals surface area (Å²) < 4.78 is 53.4. The lowest BCUT2D eigenvalue weighted by Gasteiger charge is -2.13. The summed E-state index contributed by atoms with van der Waals surface area (Å²) >= 11 is 3.13. The van der Waals surface area contributed by atoms with Crippen molar-refractivity contribution in [1.29, 1.82) is 0 Å². The zero-order chi connectivity index (χ0) is 18.6. The lowest BCUT2D eigenvalue weighted by atomic mass is 10.2. The van der Waals surface area contributed by atoms with Gasteiger partial charge in [-0.25, -0.2) is 4.98 Å². The Morgan fingerprint density at radius 2 is 1.96 bits per heavy atom. The highest BCUT2D eigenvalue weighted by molar-refractivity contribution is 9.10. The van der Waals surface area contributed by atoms with Gasteiger partial charge in [0.25, 0.3) is 5.91 Å². The van der Waals surface area contributed by atoms with Crippen LogP contribution in [-0.4, -0.2) is 34.1 Å². The van der Waals surface area contributed by atoms with Gasteiger partial charge < -0.3 is 10.1 Å². The van der Waals surface area contributed by atoms with Crippen molar-refractivity contribution < 1.29 is 26.9 Å². The van der Waals surface area contributed by atoms with Gasteiger partial charge in [0, 0.05) is 38.2 Å². The van der Waals surface area contributed by atoms with E-state index in [0.717, 1.165) is 0 Å². The summed E-state index contributed by atoms with van der Waals surface area (Å²) in [5, 5.41) is 2.45. The van der Waals surface area contributed by atoms with Gasteiger partial charge in [-0.3, -0.25) is 9.00 Å². The number of amides is 1. The van der Waals surface area contributed by atoms with Gasteiger partial charge in [0.1, 0.15) is 5.69 Å². The Morgan fingerprint density at radius 1 is 1.32 bits per heavy atom. The zero-order valence-electron chi connectivity index (χ0n) is 12.8. The Morgan fingerprint density at radius 3 is 2.52 bits per heavy atom. The van der Waals surface area contributed by atoms with E-state index in [1.807, 2.05) is 0 Å². The van der Waals surface area contributed by atoms with E-state index in [0.29, 0.717) is 9.37 Å². The van der Waals surface area contributed by atoms with Crippen molar-refractivity contribution in [2.75, 3.05) is 18.2 Å². The highest BCUT2D eigenvalue weighted by atomic mass is 79.9. The molecule has 1 aromatic carbocycles. The average Bonchev–Trinajstić information content (AvgIpc) is 2.53. The number of nitrogens with one attached hydrogen (secondary N) is 1. The monoisotopic (exact) mass is 436 g/mol. The molecule has 10 heteroatoms. The molecule has 0 saturated heterocycles. The van der Waals surface area contributed by atoms with Crippen LogP contribution in [0, 0.1) is 0 Å². The van der Waals surface area contributed by atoms with Gasteiger partial charge in [-0.1, -0.05) is 0 Å². The SMILES string of the molecule is CS(=O)c1ccc(C(=O)Nc2cc(Br)cnc2OCC(F)(F)F)cc1. The standard InChI is InChI=1S/C15H12BrF3N2O3S/c1-25(23)11-4-2-9(3-5-11)13(22)21-12-6-10(16)7-20-14(12)24-8-15(17,18)19/h2-7H,8H2,1H3,(H,21,22). The van der Waals surface area contributed by atoms with Crippen LogP contribution in [0.15, 0.2) is 45.9 Å². The fourth-order valence-corrected chi connectivity index (χ4v) is 2.62. The molecule has 0 aliphatic carbocycles. The van der Waals surface area contributed by atoms with Gasteiger partial charge in [0.05, 0.1) is 0 Å². The van der Waals surface area contributed by atoms with Crippen LogP contribution in [0.4, 0.5) is 18.9 Å². The van der Waals surface area contributed by atoms with Crippen molar-refractivity contribution in [2.45, 2.75) is 11.1 Å². The van der Waals surface area contributed by atoms with Crippen molar-refractivity contribution in [3.63, 3.8) is 0 Å². The van der Waals surface area contributed by atoms with E-state index in [1.165, 1.54) is 42.8 Å². The molecular weight excluding hydrogens is 425 g/mol. The van der Waals surface area contributed by atoms with E-state index < -0.39 is 29.5 Å². The number of halogens is 4. The van der Waals surface area contributed by atoms with Crippen LogP contribution >= 0.6 is 15.9 Å². The molecule has 134 valence electrons. The van der Waals surface area contributed by atoms with Gasteiger partial charge in [0.2, 0.25) is 5.88 Å². The molecule has 0 spiro atoms. The summed E-state index contributed by atoms with van der Waals surface area (Å²) in [6.07, 6.45) is -1.76. The van der Waals surface area contributed by atoms with E-state index >= 15 is 0 Å². The number of benzene rings is 1. The number of hydrogen-bond acceptors (Lipinski definition) is 4. The highest BCUT2D eigenvalue weighted by Gasteiger charge is 2.29. The van der Waals surface area contributed by atoms with Crippen LogP contribution in [0.25, 0.3) is 0 Å². The van der Waals surface area contributed by atoms with E-state index in [-0.39, 0.29) is 17.1 Å². The Bertz CT molecular complexity index is 798. The van der Waals surface area contributed by atoms with Gasteiger partial charge in [-0.15, -0.1) is 0 Å². The predicted molar refractivity (Wildman–Crippen MR) is 90.2 cm³/mol. The Labute approximate surface area is 152 Å². The van der Waals surface area contributed by atoms with E-state index in [9.17, 15) is 22.2 Å². The first-order chi connectivity index (χ1) is 11.7. The van der Waals surface area contributed by atoms with Crippen LogP contribution in [-0.2, 0) is 10.8 Å². The number of carbonyl (C=O) groups excluding carboxylic acids is 1. The first-order valence-corrected chi connectivity index (χ1v) is 9.11. The summed E-state index contributed by atoms with van der Waals surface area (Å²) in [4.78, 5) is 16.5. The number of carbonyl (C=O) groups is 1. The molecule has 1 atom stereocenters. The Balaban J connectivity index is 2.19. The van der Waals surface area contributed by atoms with Crippen molar-refractivity contribution in [1.82, 2.24) is 4.98 Å². The number of alkyl halides is 3. The highest BCUT2D eigenvalue weighted by Crippen LogP contribution is 2.27. The quantitative estimate of drug-likeness (QED) is 0.774. The summed E-state index contributed by atoms with van der Waals surface area (Å²) in [6, 6.07) is 7.38. The number of hydrogen-bond donors (Lipinski definition) is 1. The van der Waals surface area contributed by atoms with E-state index in [2.05, 4.69) is 31.0 Å². The third kappa shape index (κ3) is 5.82. The molecule has 1 unspecified atom stereocenters. The first kappa shape index (κ1) is 19.4. The second kappa shape index (κ2) is 7.96. The molecule has 5 nitrogen and oxygen atoms in total. The molecule has 0 saturated carbocycles. The first-order valence-electron chi connectivity index (χ1n) is 6.75. The number of aromatic nitrogens is 1. The third-order valence-electron chi connectivity index (χ3n) is 2.89. The van der Waals surface area contributed by atoms with Gasteiger partial charge >= 0.3 is 6.18 Å². The average molecular weight is 437 g/mol. The minimum Gasteiger partial charge on any atom is -0.467 e. The molecule has 0 aliphatic rings. The molecule has 0 bridgehead atoms. The minimum atomic E-state index is -4.53. The second-order valence-corrected chi connectivity index (χ2v) is 7.14. The van der Waals surface area contributed by atoms with Gasteiger partial charge in [-0.05, 0) is 46.3 Å². The van der Waals surface area contributed by atoms with Gasteiger partial charge in [0.15, 0.2) is 6.61 Å². The second-order valence-electron chi connectivity index (χ2n) is 4.84. The molecule has 1 aromatic heterocycles. The number of anilines is 1. The van der Waals surface area contributed by atoms with Crippen LogP contribution < -0.4 is 10.1 Å². The summed E-state index contributed by atoms with van der Waals surface area (Å²) in [6.45, 7) is -1.53. The molecule has 1 N–H and O–H groups in total. The summed E-state index contributed by atoms with van der Waals surface area (Å²) in [5.74, 6) is -0.912. The smallest absolute Gasteiger partial charge is 0.422 e. The van der Waals surface area contributed by atoms with Crippen LogP contribution in [0.5, 0.6) is 5.88 Å². The van der Waals surface area contributed by atoms with E-state index in [4.69, 9.17) is 0 Å². The molecule has 1 heterocycles. The molecule has 1 amide bonds. The van der Waals surface area contributed by atoms with Gasteiger partial charge in [-0.2, -0.15) is 13.2 Å². The Kier molecular flexibility index (Phi) is 6.17. The van der Waals surface area contributed by atoms with Crippen molar-refractivity contribution in [3.8, 4) is 5.88 Å². The van der Waals surface area contributed by atoms with Crippen molar-refractivity contribution in [3.05, 3.63) is 46.6 Å². The fourth-order valence-electron chi connectivity index (χ4n) is 1.77. The third-order valence-corrected chi connectivity index (χ3v) is 4.26. The van der Waals surface area contributed by atoms with E-state index in [1.54, 1.807) is 0 Å². The normalized spacial score (nSPS) is 12.5. The Hall–Kier alpha value is -1.94. The molecule has 25 heavy (non-hydrogen) atoms. The predicted octanol–water partition coefficient (Wildman–Crippen LogP) is 3.77. The number of nitrogens with zero attached hydrogens (tertiary/aromatic N) is 1. The number of rotatable bonds is 5. The lowest BCUT2D eigenvalue weighted by molar-refractivity contribution is -0.153. The lowest BCUT2D eigenvalue weighted by Crippen LogP contribution is -2.21. The molecule has 0 radical (unpaired) electrons. The maximum absolute atomic E-state index is 12.3. The minimum absolute atomic E-state index is 0.00762. The largest absolute Gasteiger partial charge is 0.467 e.